The molecule has 1 aliphatic heterocycles. The monoisotopic (exact) mass is 390 g/mol. The number of benzene rings is 2. The van der Waals surface area contributed by atoms with Gasteiger partial charge in [-0.1, -0.05) is 30.3 Å². The number of aromatic nitrogens is 2. The lowest BCUT2D eigenvalue weighted by Crippen LogP contribution is -2.36. The maximum Gasteiger partial charge on any atom is 0.252 e. The number of ether oxygens (including phenoxy) is 1. The van der Waals surface area contributed by atoms with E-state index in [-0.39, 0.29) is 11.9 Å². The molecule has 0 radical (unpaired) electrons. The Hall–Kier alpha value is -3.12. The Labute approximate surface area is 171 Å². The fourth-order valence-corrected chi connectivity index (χ4v) is 3.60. The molecule has 2 aromatic carbocycles. The number of anilines is 1. The molecule has 1 fully saturated rings. The van der Waals surface area contributed by atoms with E-state index in [9.17, 15) is 4.79 Å². The standard InChI is InChI=1S/C23H26N4O2/c1-18(19-7-9-21(10-8-19)26-13-15-29-16-14-26)25-23(28)22-6-3-2-5-20(22)17-27-12-4-11-24-27/h2-12,18H,13-17H2,1H3,(H,25,28)/t18-/m0/s1. The molecular weight excluding hydrogens is 364 g/mol. The molecule has 0 bridgehead atoms. The van der Waals surface area contributed by atoms with Gasteiger partial charge < -0.3 is 15.0 Å². The van der Waals surface area contributed by atoms with Crippen molar-refractivity contribution < 1.29 is 9.53 Å². The molecule has 1 saturated heterocycles. The highest BCUT2D eigenvalue weighted by molar-refractivity contribution is 5.95. The van der Waals surface area contributed by atoms with Crippen LogP contribution in [0.3, 0.4) is 0 Å². The Morgan fingerprint density at radius 3 is 2.59 bits per heavy atom. The van der Waals surface area contributed by atoms with Gasteiger partial charge in [-0.05, 0) is 42.3 Å². The number of rotatable bonds is 6. The largest absolute Gasteiger partial charge is 0.378 e. The molecule has 1 amide bonds. The van der Waals surface area contributed by atoms with Gasteiger partial charge in [0.25, 0.3) is 5.91 Å². The minimum atomic E-state index is -0.0843. The second kappa shape index (κ2) is 8.92. The summed E-state index contributed by atoms with van der Waals surface area (Å²) in [4.78, 5) is 15.3. The zero-order valence-electron chi connectivity index (χ0n) is 16.6. The maximum atomic E-state index is 12.9. The smallest absolute Gasteiger partial charge is 0.252 e. The van der Waals surface area contributed by atoms with Crippen LogP contribution in [0.2, 0.25) is 0 Å². The van der Waals surface area contributed by atoms with Crippen LogP contribution in [-0.4, -0.2) is 42.0 Å². The van der Waals surface area contributed by atoms with Crippen LogP contribution >= 0.6 is 0 Å². The van der Waals surface area contributed by atoms with Crippen molar-refractivity contribution in [3.8, 4) is 0 Å². The zero-order chi connectivity index (χ0) is 20.1. The normalized spacial score (nSPS) is 15.1. The molecule has 150 valence electrons. The Kier molecular flexibility index (Phi) is 5.91. The lowest BCUT2D eigenvalue weighted by molar-refractivity contribution is 0.0938. The molecule has 1 N–H and O–H groups in total. The van der Waals surface area contributed by atoms with Crippen molar-refractivity contribution in [2.45, 2.75) is 19.5 Å². The number of carbonyl (C=O) groups is 1. The first-order chi connectivity index (χ1) is 14.2. The van der Waals surface area contributed by atoms with Gasteiger partial charge in [0.05, 0.1) is 25.8 Å². The summed E-state index contributed by atoms with van der Waals surface area (Å²) < 4.78 is 7.24. The van der Waals surface area contributed by atoms with E-state index < -0.39 is 0 Å². The second-order valence-corrected chi connectivity index (χ2v) is 7.25. The van der Waals surface area contributed by atoms with Gasteiger partial charge in [-0.25, -0.2) is 0 Å². The number of nitrogens with one attached hydrogen (secondary N) is 1. The van der Waals surface area contributed by atoms with E-state index in [1.165, 1.54) is 5.69 Å². The first-order valence-corrected chi connectivity index (χ1v) is 9.99. The molecule has 0 unspecified atom stereocenters. The highest BCUT2D eigenvalue weighted by Gasteiger charge is 2.16. The third kappa shape index (κ3) is 4.66. The van der Waals surface area contributed by atoms with E-state index in [0.29, 0.717) is 12.1 Å². The number of morpholine rings is 1. The first-order valence-electron chi connectivity index (χ1n) is 9.99. The molecule has 2 heterocycles. The van der Waals surface area contributed by atoms with Gasteiger partial charge in [-0.3, -0.25) is 9.48 Å². The van der Waals surface area contributed by atoms with Crippen LogP contribution in [0.15, 0.2) is 67.0 Å². The molecule has 1 aromatic heterocycles. The van der Waals surface area contributed by atoms with Crippen LogP contribution in [0.4, 0.5) is 5.69 Å². The van der Waals surface area contributed by atoms with Crippen molar-refractivity contribution in [3.63, 3.8) is 0 Å². The minimum Gasteiger partial charge on any atom is -0.378 e. The fraction of sp³-hybridized carbons (Fsp3) is 0.304. The van der Waals surface area contributed by atoms with Crippen LogP contribution in [-0.2, 0) is 11.3 Å². The van der Waals surface area contributed by atoms with E-state index in [1.807, 2.05) is 48.1 Å². The van der Waals surface area contributed by atoms with Gasteiger partial charge in [0.1, 0.15) is 0 Å². The quantitative estimate of drug-likeness (QED) is 0.702. The summed E-state index contributed by atoms with van der Waals surface area (Å²) in [5, 5.41) is 7.37. The number of nitrogens with zero attached hydrogens (tertiary/aromatic N) is 3. The van der Waals surface area contributed by atoms with Gasteiger partial charge in [0, 0.05) is 36.7 Å². The summed E-state index contributed by atoms with van der Waals surface area (Å²) >= 11 is 0. The van der Waals surface area contributed by atoms with Crippen LogP contribution in [0.1, 0.15) is 34.5 Å². The Balaban J connectivity index is 1.43. The lowest BCUT2D eigenvalue weighted by Gasteiger charge is -2.29. The second-order valence-electron chi connectivity index (χ2n) is 7.25. The number of hydrogen-bond acceptors (Lipinski definition) is 4. The summed E-state index contributed by atoms with van der Waals surface area (Å²) in [7, 11) is 0. The number of carbonyl (C=O) groups excluding carboxylic acids is 1. The molecule has 29 heavy (non-hydrogen) atoms. The van der Waals surface area contributed by atoms with E-state index in [1.54, 1.807) is 6.20 Å². The van der Waals surface area contributed by atoms with Crippen molar-refractivity contribution in [2.24, 2.45) is 0 Å². The summed E-state index contributed by atoms with van der Waals surface area (Å²) in [5.41, 5.74) is 3.91. The lowest BCUT2D eigenvalue weighted by atomic mass is 10.0. The molecule has 0 aliphatic carbocycles. The predicted molar refractivity (Wildman–Crippen MR) is 113 cm³/mol. The Morgan fingerprint density at radius 1 is 1.10 bits per heavy atom. The molecular formula is C23H26N4O2. The van der Waals surface area contributed by atoms with Crippen LogP contribution in [0.25, 0.3) is 0 Å². The van der Waals surface area contributed by atoms with Crippen LogP contribution < -0.4 is 10.2 Å². The highest BCUT2D eigenvalue weighted by Crippen LogP contribution is 2.21. The first kappa shape index (κ1) is 19.2. The Morgan fingerprint density at radius 2 is 1.86 bits per heavy atom. The third-order valence-corrected chi connectivity index (χ3v) is 5.27. The predicted octanol–water partition coefficient (Wildman–Crippen LogP) is 3.26. The van der Waals surface area contributed by atoms with E-state index in [2.05, 4.69) is 39.6 Å². The van der Waals surface area contributed by atoms with Gasteiger partial charge in [0.2, 0.25) is 0 Å². The zero-order valence-corrected chi connectivity index (χ0v) is 16.6. The van der Waals surface area contributed by atoms with Gasteiger partial charge in [0.15, 0.2) is 0 Å². The molecule has 3 aromatic rings. The third-order valence-electron chi connectivity index (χ3n) is 5.27. The fourth-order valence-electron chi connectivity index (χ4n) is 3.60. The van der Waals surface area contributed by atoms with E-state index in [4.69, 9.17) is 4.74 Å². The Bertz CT molecular complexity index is 932. The summed E-state index contributed by atoms with van der Waals surface area (Å²) in [5.74, 6) is -0.0717. The SMILES string of the molecule is C[C@H](NC(=O)c1ccccc1Cn1cccn1)c1ccc(N2CCOCC2)cc1. The molecule has 4 rings (SSSR count). The molecule has 1 atom stereocenters. The van der Waals surface area contributed by atoms with Crippen molar-refractivity contribution in [2.75, 3.05) is 31.2 Å². The van der Waals surface area contributed by atoms with Gasteiger partial charge >= 0.3 is 0 Å². The van der Waals surface area contributed by atoms with E-state index in [0.717, 1.165) is 37.4 Å². The number of amides is 1. The van der Waals surface area contributed by atoms with Gasteiger partial charge in [-0.15, -0.1) is 0 Å². The number of hydrogen-bond donors (Lipinski definition) is 1. The van der Waals surface area contributed by atoms with Gasteiger partial charge in [-0.2, -0.15) is 5.10 Å². The van der Waals surface area contributed by atoms with Crippen LogP contribution in [0.5, 0.6) is 0 Å². The van der Waals surface area contributed by atoms with E-state index >= 15 is 0 Å². The average Bonchev–Trinajstić information content (AvgIpc) is 3.28. The van der Waals surface area contributed by atoms with Crippen molar-refractivity contribution in [1.29, 1.82) is 0 Å². The topological polar surface area (TPSA) is 59.4 Å². The minimum absolute atomic E-state index is 0.0717. The molecule has 6 nitrogen and oxygen atoms in total. The average molecular weight is 390 g/mol. The molecule has 0 spiro atoms. The molecule has 6 heteroatoms. The van der Waals surface area contributed by atoms with Crippen molar-refractivity contribution >= 4 is 11.6 Å². The molecule has 0 saturated carbocycles. The van der Waals surface area contributed by atoms with Crippen LogP contribution in [0, 0.1) is 0 Å². The summed E-state index contributed by atoms with van der Waals surface area (Å²) in [6, 6.07) is 17.9. The van der Waals surface area contributed by atoms with Crippen molar-refractivity contribution in [1.82, 2.24) is 15.1 Å². The summed E-state index contributed by atoms with van der Waals surface area (Å²) in [6.45, 7) is 5.95. The van der Waals surface area contributed by atoms with Crippen molar-refractivity contribution in [3.05, 3.63) is 83.7 Å². The maximum absolute atomic E-state index is 12.9. The summed E-state index contributed by atoms with van der Waals surface area (Å²) in [6.07, 6.45) is 3.64. The molecule has 1 aliphatic rings. The highest BCUT2D eigenvalue weighted by atomic mass is 16.5.